The Bertz CT molecular complexity index is 460. The van der Waals surface area contributed by atoms with E-state index in [1.54, 1.807) is 4.68 Å². The molecule has 0 amide bonds. The second kappa shape index (κ2) is 3.91. The average Bonchev–Trinajstić information content (AvgIpc) is 2.75. The van der Waals surface area contributed by atoms with Crippen molar-refractivity contribution >= 4 is 16.5 Å². The van der Waals surface area contributed by atoms with Gasteiger partial charge < -0.3 is 0 Å². The quantitative estimate of drug-likeness (QED) is 0.567. The van der Waals surface area contributed by atoms with Crippen molar-refractivity contribution in [2.45, 2.75) is 20.4 Å². The highest BCUT2D eigenvalue weighted by Crippen LogP contribution is 2.14. The zero-order chi connectivity index (χ0) is 10.8. The fourth-order valence-corrected chi connectivity index (χ4v) is 1.85. The van der Waals surface area contributed by atoms with E-state index in [2.05, 4.69) is 25.7 Å². The molecule has 0 saturated heterocycles. The highest BCUT2D eigenvalue weighted by Gasteiger charge is 2.07. The van der Waals surface area contributed by atoms with Crippen LogP contribution in [-0.2, 0) is 6.54 Å². The van der Waals surface area contributed by atoms with Crippen LogP contribution in [0.1, 0.15) is 16.7 Å². The van der Waals surface area contributed by atoms with Crippen LogP contribution in [0.15, 0.2) is 0 Å². The van der Waals surface area contributed by atoms with E-state index in [1.807, 2.05) is 13.8 Å². The summed E-state index contributed by atoms with van der Waals surface area (Å²) in [7, 11) is 0. The first-order valence-electron chi connectivity index (χ1n) is 4.36. The normalized spacial score (nSPS) is 10.6. The fourth-order valence-electron chi connectivity index (χ4n) is 1.22. The third-order valence-corrected chi connectivity index (χ3v) is 2.68. The van der Waals surface area contributed by atoms with Gasteiger partial charge in [0.15, 0.2) is 0 Å². The first-order chi connectivity index (χ1) is 7.19. The lowest BCUT2D eigenvalue weighted by atomic mass is 10.6. The summed E-state index contributed by atoms with van der Waals surface area (Å²) >= 11 is 1.40. The van der Waals surface area contributed by atoms with Gasteiger partial charge in [0.2, 0.25) is 5.13 Å². The summed E-state index contributed by atoms with van der Waals surface area (Å²) < 4.78 is 1.79. The molecule has 7 nitrogen and oxygen atoms in total. The SMILES string of the molecule is Cc1nc(C)n(Cc2nnc(NN)s2)n1. The molecule has 0 unspecified atom stereocenters. The molecule has 0 aliphatic carbocycles. The van der Waals surface area contributed by atoms with Crippen LogP contribution in [0.3, 0.4) is 0 Å². The lowest BCUT2D eigenvalue weighted by Gasteiger charge is -1.97. The molecule has 0 bridgehead atoms. The van der Waals surface area contributed by atoms with Crippen molar-refractivity contribution in [3.8, 4) is 0 Å². The van der Waals surface area contributed by atoms with Crippen molar-refractivity contribution in [1.82, 2.24) is 25.0 Å². The van der Waals surface area contributed by atoms with Crippen LogP contribution >= 0.6 is 11.3 Å². The standard InChI is InChI=1S/C7H11N7S/c1-4-9-5(2)14(13-4)3-6-11-12-7(10-8)15-6/h3,8H2,1-2H3,(H,10,12). The van der Waals surface area contributed by atoms with Crippen LogP contribution in [0.4, 0.5) is 5.13 Å². The molecule has 0 atom stereocenters. The molecular weight excluding hydrogens is 214 g/mol. The topological polar surface area (TPSA) is 94.5 Å². The average molecular weight is 225 g/mol. The Balaban J connectivity index is 2.17. The lowest BCUT2D eigenvalue weighted by molar-refractivity contribution is 0.648. The van der Waals surface area contributed by atoms with Gasteiger partial charge in [-0.05, 0) is 13.8 Å². The van der Waals surface area contributed by atoms with Crippen molar-refractivity contribution in [3.63, 3.8) is 0 Å². The number of nitrogens with two attached hydrogens (primary N) is 1. The molecule has 80 valence electrons. The summed E-state index contributed by atoms with van der Waals surface area (Å²) in [6.45, 7) is 4.34. The number of aromatic nitrogens is 5. The number of hydrogen-bond donors (Lipinski definition) is 2. The number of nitrogen functional groups attached to an aromatic ring is 1. The molecule has 15 heavy (non-hydrogen) atoms. The highest BCUT2D eigenvalue weighted by molar-refractivity contribution is 7.15. The van der Waals surface area contributed by atoms with E-state index in [0.717, 1.165) is 16.7 Å². The van der Waals surface area contributed by atoms with E-state index in [0.29, 0.717) is 11.7 Å². The maximum Gasteiger partial charge on any atom is 0.219 e. The molecule has 0 aromatic carbocycles. The van der Waals surface area contributed by atoms with Gasteiger partial charge in [-0.25, -0.2) is 15.5 Å². The molecule has 0 aliphatic heterocycles. The smallest absolute Gasteiger partial charge is 0.219 e. The van der Waals surface area contributed by atoms with Crippen LogP contribution in [0.25, 0.3) is 0 Å². The minimum absolute atomic E-state index is 0.575. The summed E-state index contributed by atoms with van der Waals surface area (Å²) in [6, 6.07) is 0. The molecule has 0 aliphatic rings. The second-order valence-electron chi connectivity index (χ2n) is 3.01. The summed E-state index contributed by atoms with van der Waals surface area (Å²) in [6.07, 6.45) is 0. The predicted octanol–water partition coefficient (Wildman–Crippen LogP) is 0.0803. The third kappa shape index (κ3) is 2.10. The van der Waals surface area contributed by atoms with Crippen molar-refractivity contribution in [2.24, 2.45) is 5.84 Å². The van der Waals surface area contributed by atoms with Gasteiger partial charge in [0.1, 0.15) is 16.7 Å². The first-order valence-corrected chi connectivity index (χ1v) is 5.17. The van der Waals surface area contributed by atoms with Crippen LogP contribution < -0.4 is 11.3 Å². The Morgan fingerprint density at radius 3 is 2.73 bits per heavy atom. The van der Waals surface area contributed by atoms with E-state index in [1.165, 1.54) is 11.3 Å². The van der Waals surface area contributed by atoms with Gasteiger partial charge in [-0.2, -0.15) is 5.10 Å². The summed E-state index contributed by atoms with van der Waals surface area (Å²) in [5.74, 6) is 6.84. The highest BCUT2D eigenvalue weighted by atomic mass is 32.1. The van der Waals surface area contributed by atoms with Crippen LogP contribution in [0.5, 0.6) is 0 Å². The third-order valence-electron chi connectivity index (χ3n) is 1.84. The van der Waals surface area contributed by atoms with E-state index < -0.39 is 0 Å². The molecule has 0 spiro atoms. The molecule has 2 aromatic heterocycles. The summed E-state index contributed by atoms with van der Waals surface area (Å²) in [5, 5.41) is 13.5. The van der Waals surface area contributed by atoms with Gasteiger partial charge in [0.25, 0.3) is 0 Å². The van der Waals surface area contributed by atoms with Gasteiger partial charge in [-0.15, -0.1) is 10.2 Å². The number of hydrogen-bond acceptors (Lipinski definition) is 7. The maximum atomic E-state index is 5.21. The van der Waals surface area contributed by atoms with Gasteiger partial charge in [-0.1, -0.05) is 11.3 Å². The van der Waals surface area contributed by atoms with E-state index >= 15 is 0 Å². The minimum Gasteiger partial charge on any atom is -0.298 e. The zero-order valence-corrected chi connectivity index (χ0v) is 9.25. The molecule has 2 rings (SSSR count). The van der Waals surface area contributed by atoms with Gasteiger partial charge in [0.05, 0.1) is 6.54 Å². The Morgan fingerprint density at radius 1 is 1.40 bits per heavy atom. The molecule has 8 heteroatoms. The molecule has 0 radical (unpaired) electrons. The molecule has 2 heterocycles. The summed E-state index contributed by atoms with van der Waals surface area (Å²) in [4.78, 5) is 4.20. The Kier molecular flexibility index (Phi) is 2.60. The van der Waals surface area contributed by atoms with Crippen LogP contribution in [0, 0.1) is 13.8 Å². The molecule has 0 saturated carbocycles. The molecule has 2 aromatic rings. The molecular formula is C7H11N7S. The lowest BCUT2D eigenvalue weighted by Crippen LogP contribution is -2.05. The largest absolute Gasteiger partial charge is 0.298 e. The van der Waals surface area contributed by atoms with E-state index in [4.69, 9.17) is 5.84 Å². The number of rotatable bonds is 3. The van der Waals surface area contributed by atoms with Gasteiger partial charge in [0, 0.05) is 0 Å². The fraction of sp³-hybridized carbons (Fsp3) is 0.429. The Morgan fingerprint density at radius 2 is 2.20 bits per heavy atom. The molecule has 0 fully saturated rings. The van der Waals surface area contributed by atoms with Crippen molar-refractivity contribution in [1.29, 1.82) is 0 Å². The number of aryl methyl sites for hydroxylation is 2. The van der Waals surface area contributed by atoms with Crippen LogP contribution in [-0.4, -0.2) is 25.0 Å². The van der Waals surface area contributed by atoms with Gasteiger partial charge >= 0.3 is 0 Å². The minimum atomic E-state index is 0.575. The Labute approximate surface area is 90.3 Å². The van der Waals surface area contributed by atoms with Crippen LogP contribution in [0.2, 0.25) is 0 Å². The molecule has 3 N–H and O–H groups in total. The number of anilines is 1. The number of nitrogens with one attached hydrogen (secondary N) is 1. The van der Waals surface area contributed by atoms with Crippen molar-refractivity contribution in [2.75, 3.05) is 5.43 Å². The predicted molar refractivity (Wildman–Crippen MR) is 56.3 cm³/mol. The maximum absolute atomic E-state index is 5.21. The van der Waals surface area contributed by atoms with Gasteiger partial charge in [-0.3, -0.25) is 5.43 Å². The number of hydrazine groups is 1. The number of nitrogens with zero attached hydrogens (tertiary/aromatic N) is 5. The first kappa shape index (κ1) is 9.99. The van der Waals surface area contributed by atoms with Crippen molar-refractivity contribution < 1.29 is 0 Å². The second-order valence-corrected chi connectivity index (χ2v) is 4.07. The van der Waals surface area contributed by atoms with Crippen molar-refractivity contribution in [3.05, 3.63) is 16.7 Å². The van der Waals surface area contributed by atoms with E-state index in [-0.39, 0.29) is 0 Å². The van der Waals surface area contributed by atoms with E-state index in [9.17, 15) is 0 Å². The summed E-state index contributed by atoms with van der Waals surface area (Å²) in [5.41, 5.74) is 2.45. The zero-order valence-electron chi connectivity index (χ0n) is 8.43. The monoisotopic (exact) mass is 225 g/mol. The Hall–Kier alpha value is -1.54.